The first-order chi connectivity index (χ1) is 19.2. The molecule has 5 rings (SSSR count). The van der Waals surface area contributed by atoms with E-state index in [-0.39, 0.29) is 50.7 Å². The Balaban J connectivity index is 1.55. The molecular weight excluding hydrogens is 552 g/mol. The van der Waals surface area contributed by atoms with Crippen LogP contribution in [0.5, 0.6) is 0 Å². The molecule has 3 aromatic rings. The summed E-state index contributed by atoms with van der Waals surface area (Å²) in [4.78, 5) is 37.6. The number of alkyl halides is 1. The molecule has 40 heavy (non-hydrogen) atoms. The normalized spacial score (nSPS) is 23.0. The zero-order valence-corrected chi connectivity index (χ0v) is 23.6. The predicted molar refractivity (Wildman–Crippen MR) is 156 cm³/mol. The number of benzene rings is 3. The van der Waals surface area contributed by atoms with Crippen molar-refractivity contribution < 1.29 is 14.6 Å². The highest BCUT2D eigenvalue weighted by molar-refractivity contribution is 8.00. The summed E-state index contributed by atoms with van der Waals surface area (Å²) in [5.41, 5.74) is 3.37. The molecule has 9 nitrogen and oxygen atoms in total. The summed E-state index contributed by atoms with van der Waals surface area (Å²) in [6, 6.07) is 18.7. The third-order valence-electron chi connectivity index (χ3n) is 7.91. The van der Waals surface area contributed by atoms with Gasteiger partial charge in [0.05, 0.1) is 26.2 Å². The highest BCUT2D eigenvalue weighted by Crippen LogP contribution is 2.58. The first-order valence-corrected chi connectivity index (χ1v) is 14.5. The molecule has 11 heteroatoms. The maximum Gasteiger partial charge on any atom is 0.282 e. The number of nitro groups is 2. The first kappa shape index (κ1) is 27.9. The fourth-order valence-electron chi connectivity index (χ4n) is 5.95. The van der Waals surface area contributed by atoms with Gasteiger partial charge in [-0.15, -0.1) is 23.4 Å². The Hall–Kier alpha value is -3.63. The van der Waals surface area contributed by atoms with Crippen molar-refractivity contribution in [1.29, 1.82) is 0 Å². The lowest BCUT2D eigenvalue weighted by Gasteiger charge is -2.38. The van der Waals surface area contributed by atoms with E-state index in [0.29, 0.717) is 30.0 Å². The number of hydrogen-bond donors (Lipinski definition) is 1. The van der Waals surface area contributed by atoms with Crippen LogP contribution in [0.1, 0.15) is 53.7 Å². The number of rotatable bonds is 8. The maximum atomic E-state index is 13.2. The van der Waals surface area contributed by atoms with E-state index in [4.69, 9.17) is 11.6 Å². The Kier molecular flexibility index (Phi) is 8.00. The summed E-state index contributed by atoms with van der Waals surface area (Å²) < 4.78 is 0. The van der Waals surface area contributed by atoms with E-state index in [2.05, 4.69) is 5.32 Å². The number of halogens is 1. The van der Waals surface area contributed by atoms with Crippen molar-refractivity contribution >= 4 is 46.3 Å². The van der Waals surface area contributed by atoms with Crippen LogP contribution in [0.4, 0.5) is 17.1 Å². The fraction of sp³-hybridized carbons (Fsp3) is 0.345. The van der Waals surface area contributed by atoms with E-state index < -0.39 is 4.92 Å². The van der Waals surface area contributed by atoms with Gasteiger partial charge in [0, 0.05) is 53.7 Å². The molecule has 1 fully saturated rings. The van der Waals surface area contributed by atoms with Crippen LogP contribution in [0.3, 0.4) is 0 Å². The largest absolute Gasteiger partial charge is 0.378 e. The number of para-hydroxylation sites is 1. The maximum absolute atomic E-state index is 13.2. The average molecular weight is 581 g/mol. The number of non-ortho nitro benzene ring substituents is 1. The van der Waals surface area contributed by atoms with Crippen LogP contribution < -0.4 is 5.32 Å². The summed E-state index contributed by atoms with van der Waals surface area (Å²) in [6.07, 6.45) is 0.665. The number of amides is 1. The van der Waals surface area contributed by atoms with Gasteiger partial charge in [-0.3, -0.25) is 25.0 Å². The summed E-state index contributed by atoms with van der Waals surface area (Å²) >= 11 is 8.64. The minimum Gasteiger partial charge on any atom is -0.378 e. The molecule has 208 valence electrons. The van der Waals surface area contributed by atoms with Gasteiger partial charge >= 0.3 is 0 Å². The molecule has 0 spiro atoms. The van der Waals surface area contributed by atoms with E-state index in [1.54, 1.807) is 35.2 Å². The SMILES string of the molecule is CCN(CC)C(=O)c1ccc2c(c1)C1C(Cl)C(Sc3ccccc3[N+](=O)[O-])CC1C(c1ccc([N+](=O)[O-])cc1)N2. The van der Waals surface area contributed by atoms with Gasteiger partial charge in [-0.1, -0.05) is 24.3 Å². The Morgan fingerprint density at radius 2 is 1.73 bits per heavy atom. The van der Waals surface area contributed by atoms with Crippen LogP contribution in [0.2, 0.25) is 0 Å². The molecule has 1 saturated carbocycles. The zero-order valence-electron chi connectivity index (χ0n) is 22.0. The lowest BCUT2D eigenvalue weighted by atomic mass is 9.76. The Morgan fingerprint density at radius 3 is 2.38 bits per heavy atom. The second-order valence-electron chi connectivity index (χ2n) is 10.0. The fourth-order valence-corrected chi connectivity index (χ4v) is 7.89. The second-order valence-corrected chi connectivity index (χ2v) is 11.8. The van der Waals surface area contributed by atoms with E-state index in [1.165, 1.54) is 30.0 Å². The molecule has 0 saturated heterocycles. The molecule has 5 atom stereocenters. The van der Waals surface area contributed by atoms with Gasteiger partial charge in [0.1, 0.15) is 0 Å². The smallest absolute Gasteiger partial charge is 0.282 e. The van der Waals surface area contributed by atoms with Crippen molar-refractivity contribution in [2.75, 3.05) is 18.4 Å². The number of carbonyl (C=O) groups excluding carboxylic acids is 1. The van der Waals surface area contributed by atoms with Gasteiger partial charge < -0.3 is 10.2 Å². The van der Waals surface area contributed by atoms with Gasteiger partial charge in [-0.25, -0.2) is 0 Å². The highest BCUT2D eigenvalue weighted by Gasteiger charge is 2.50. The van der Waals surface area contributed by atoms with Crippen LogP contribution in [-0.2, 0) is 0 Å². The molecule has 1 aliphatic heterocycles. The zero-order chi connectivity index (χ0) is 28.6. The van der Waals surface area contributed by atoms with Crippen LogP contribution in [0, 0.1) is 26.1 Å². The van der Waals surface area contributed by atoms with Gasteiger partial charge in [0.15, 0.2) is 0 Å². The molecule has 1 N–H and O–H groups in total. The third kappa shape index (κ3) is 5.13. The Morgan fingerprint density at radius 1 is 1.02 bits per heavy atom. The molecule has 3 aromatic carbocycles. The van der Waals surface area contributed by atoms with Crippen molar-refractivity contribution in [3.05, 3.63) is 104 Å². The minimum absolute atomic E-state index is 0.00414. The molecule has 0 radical (unpaired) electrons. The van der Waals surface area contributed by atoms with Gasteiger partial charge in [0.25, 0.3) is 17.3 Å². The monoisotopic (exact) mass is 580 g/mol. The number of hydrogen-bond acceptors (Lipinski definition) is 7. The predicted octanol–water partition coefficient (Wildman–Crippen LogP) is 7.02. The standard InChI is InChI=1S/C29H29ClN4O5S/c1-3-32(4-2)29(35)18-11-14-22-20(15-18)26-21(28(31-22)17-9-12-19(13-10-17)33(36)37)16-25(27(26)30)40-24-8-6-5-7-23(24)34(38)39/h5-15,21,25-28,31H,3-4,16H2,1-2H3. The number of nitrogens with one attached hydrogen (secondary N) is 1. The molecule has 1 aliphatic carbocycles. The lowest BCUT2D eigenvalue weighted by Crippen LogP contribution is -2.33. The number of thioether (sulfide) groups is 1. The van der Waals surface area contributed by atoms with Gasteiger partial charge in [-0.05, 0) is 61.6 Å². The number of fused-ring (bicyclic) bond motifs is 3. The van der Waals surface area contributed by atoms with Crippen molar-refractivity contribution in [2.24, 2.45) is 5.92 Å². The quantitative estimate of drug-likeness (QED) is 0.173. The molecule has 0 aromatic heterocycles. The lowest BCUT2D eigenvalue weighted by molar-refractivity contribution is -0.387. The molecular formula is C29H29ClN4O5S. The number of anilines is 1. The van der Waals surface area contributed by atoms with E-state index in [0.717, 1.165) is 16.8 Å². The summed E-state index contributed by atoms with van der Waals surface area (Å²) in [5, 5.41) is 26.0. The number of nitrogens with zero attached hydrogens (tertiary/aromatic N) is 3. The molecule has 5 unspecified atom stereocenters. The topological polar surface area (TPSA) is 119 Å². The highest BCUT2D eigenvalue weighted by atomic mass is 35.5. The van der Waals surface area contributed by atoms with Gasteiger partial charge in [0.2, 0.25) is 0 Å². The Labute approximate surface area is 241 Å². The molecule has 1 heterocycles. The molecule has 2 aliphatic rings. The second kappa shape index (κ2) is 11.5. The number of carbonyl (C=O) groups is 1. The first-order valence-electron chi connectivity index (χ1n) is 13.2. The summed E-state index contributed by atoms with van der Waals surface area (Å²) in [6.45, 7) is 5.10. The molecule has 1 amide bonds. The van der Waals surface area contributed by atoms with Crippen LogP contribution >= 0.6 is 23.4 Å². The van der Waals surface area contributed by atoms with Crippen molar-refractivity contribution in [3.8, 4) is 0 Å². The van der Waals surface area contributed by atoms with E-state index in [9.17, 15) is 25.0 Å². The van der Waals surface area contributed by atoms with Crippen molar-refractivity contribution in [2.45, 2.75) is 47.8 Å². The van der Waals surface area contributed by atoms with Crippen LogP contribution in [0.15, 0.2) is 71.6 Å². The van der Waals surface area contributed by atoms with Crippen molar-refractivity contribution in [3.63, 3.8) is 0 Å². The van der Waals surface area contributed by atoms with E-state index >= 15 is 0 Å². The average Bonchev–Trinajstić information content (AvgIpc) is 3.29. The van der Waals surface area contributed by atoms with E-state index in [1.807, 2.05) is 32.0 Å². The number of nitro benzene ring substituents is 2. The summed E-state index contributed by atoms with van der Waals surface area (Å²) in [7, 11) is 0. The van der Waals surface area contributed by atoms with Crippen LogP contribution in [0.25, 0.3) is 0 Å². The third-order valence-corrected chi connectivity index (χ3v) is 10.0. The Bertz CT molecular complexity index is 1450. The molecule has 0 bridgehead atoms. The summed E-state index contributed by atoms with van der Waals surface area (Å²) in [5.74, 6) is -0.185. The van der Waals surface area contributed by atoms with Crippen LogP contribution in [-0.4, -0.2) is 44.4 Å². The van der Waals surface area contributed by atoms with Gasteiger partial charge in [-0.2, -0.15) is 0 Å². The minimum atomic E-state index is -0.422. The van der Waals surface area contributed by atoms with Crippen molar-refractivity contribution in [1.82, 2.24) is 4.90 Å².